The van der Waals surface area contributed by atoms with Crippen molar-refractivity contribution in [3.05, 3.63) is 46.5 Å². The van der Waals surface area contributed by atoms with Crippen LogP contribution in [-0.4, -0.2) is 0 Å². The molecule has 2 rings (SSSR count). The predicted octanol–water partition coefficient (Wildman–Crippen LogP) is 5.80. The summed E-state index contributed by atoms with van der Waals surface area (Å²) < 4.78 is 3.54. The maximum absolute atomic E-state index is 3.51. The Morgan fingerprint density at radius 1 is 1.29 bits per heavy atom. The van der Waals surface area contributed by atoms with E-state index in [0.29, 0.717) is 0 Å². The zero-order chi connectivity index (χ0) is 12.4. The number of nitrogens with one attached hydrogen (secondary N) is 1. The van der Waals surface area contributed by atoms with E-state index in [9.17, 15) is 0 Å². The second-order valence-electron chi connectivity index (χ2n) is 3.65. The van der Waals surface area contributed by atoms with Gasteiger partial charge in [-0.15, -0.1) is 11.3 Å². The van der Waals surface area contributed by atoms with Crippen LogP contribution in [0.25, 0.3) is 0 Å². The first-order valence-electron chi connectivity index (χ1n) is 5.00. The molecule has 1 aromatic carbocycles. The van der Waals surface area contributed by atoms with Crippen LogP contribution in [0, 0.1) is 10.5 Å². The molecule has 1 aromatic heterocycles. The van der Waals surface area contributed by atoms with Crippen LogP contribution in [0.4, 0.5) is 5.69 Å². The van der Waals surface area contributed by atoms with Crippen molar-refractivity contribution in [1.29, 1.82) is 0 Å². The highest BCUT2D eigenvalue weighted by molar-refractivity contribution is 14.1. The summed E-state index contributed by atoms with van der Waals surface area (Å²) >= 11 is 11.1. The van der Waals surface area contributed by atoms with E-state index in [-0.39, 0.29) is 0 Å². The number of aryl methyl sites for hydroxylation is 1. The summed E-state index contributed by atoms with van der Waals surface area (Å²) in [7, 11) is 0. The van der Waals surface area contributed by atoms with Gasteiger partial charge in [0.15, 0.2) is 0 Å². The largest absolute Gasteiger partial charge is 0.380 e. The number of hydrogen-bond acceptors (Lipinski definition) is 2. The van der Waals surface area contributed by atoms with Crippen LogP contribution in [0.5, 0.6) is 0 Å². The molecule has 5 heteroatoms. The Morgan fingerprint density at radius 3 is 2.65 bits per heavy atom. The van der Waals surface area contributed by atoms with E-state index in [2.05, 4.69) is 91.0 Å². The van der Waals surface area contributed by atoms with Gasteiger partial charge in [-0.05, 0) is 91.2 Å². The normalized spacial score (nSPS) is 10.6. The Hall–Kier alpha value is 0.410. The summed E-state index contributed by atoms with van der Waals surface area (Å²) in [6.07, 6.45) is 0. The lowest BCUT2D eigenvalue weighted by molar-refractivity contribution is 1.18. The number of rotatable bonds is 3. The molecule has 1 N–H and O–H groups in total. The zero-order valence-electron chi connectivity index (χ0n) is 9.06. The highest BCUT2D eigenvalue weighted by atomic mass is 127. The number of hydrogen-bond donors (Lipinski definition) is 1. The highest BCUT2D eigenvalue weighted by Gasteiger charge is 2.04. The monoisotopic (exact) mass is 485 g/mol. The summed E-state index contributed by atoms with van der Waals surface area (Å²) in [5, 5.41) is 3.46. The van der Waals surface area contributed by atoms with Gasteiger partial charge in [0.1, 0.15) is 0 Å². The van der Waals surface area contributed by atoms with Gasteiger partial charge in [-0.25, -0.2) is 0 Å². The third kappa shape index (κ3) is 3.68. The van der Waals surface area contributed by atoms with Crippen molar-refractivity contribution in [2.45, 2.75) is 13.5 Å². The fraction of sp³-hybridized carbons (Fsp3) is 0.167. The third-order valence-electron chi connectivity index (χ3n) is 2.34. The molecule has 0 spiro atoms. The van der Waals surface area contributed by atoms with Crippen molar-refractivity contribution in [1.82, 2.24) is 0 Å². The molecule has 0 saturated heterocycles. The Labute approximate surface area is 135 Å². The van der Waals surface area contributed by atoms with Gasteiger partial charge in [0.2, 0.25) is 0 Å². The highest BCUT2D eigenvalue weighted by Crippen LogP contribution is 2.32. The first kappa shape index (κ1) is 13.8. The Balaban J connectivity index is 2.07. The van der Waals surface area contributed by atoms with E-state index in [1.807, 2.05) is 0 Å². The summed E-state index contributed by atoms with van der Waals surface area (Å²) in [5.41, 5.74) is 2.48. The van der Waals surface area contributed by atoms with E-state index in [4.69, 9.17) is 0 Å². The smallest absolute Gasteiger partial charge is 0.0843 e. The van der Waals surface area contributed by atoms with E-state index in [1.54, 1.807) is 11.3 Å². The molecule has 1 heterocycles. The number of benzene rings is 1. The van der Waals surface area contributed by atoms with E-state index < -0.39 is 0 Å². The molecule has 90 valence electrons. The number of thiophene rings is 1. The average Bonchev–Trinajstić information content (AvgIpc) is 2.57. The summed E-state index contributed by atoms with van der Waals surface area (Å²) in [6, 6.07) is 8.58. The lowest BCUT2D eigenvalue weighted by atomic mass is 10.2. The molecule has 0 fully saturated rings. The minimum atomic E-state index is 0.857. The first-order chi connectivity index (χ1) is 8.06. The molecule has 0 radical (unpaired) electrons. The molecule has 0 unspecified atom stereocenters. The Kier molecular flexibility index (Phi) is 4.91. The van der Waals surface area contributed by atoms with Crippen molar-refractivity contribution >= 4 is 71.5 Å². The molecule has 0 bridgehead atoms. The second-order valence-corrected chi connectivity index (χ2v) is 8.20. The number of anilines is 1. The SMILES string of the molecule is Cc1cc(I)ccc1NCc1cc(Br)c(Br)s1. The predicted molar refractivity (Wildman–Crippen MR) is 90.9 cm³/mol. The molecular weight excluding hydrogens is 477 g/mol. The second kappa shape index (κ2) is 6.04. The van der Waals surface area contributed by atoms with Gasteiger partial charge in [0, 0.05) is 25.2 Å². The topological polar surface area (TPSA) is 12.0 Å². The van der Waals surface area contributed by atoms with Crippen LogP contribution < -0.4 is 5.32 Å². The molecular formula is C12H10Br2INS. The van der Waals surface area contributed by atoms with Crippen molar-refractivity contribution < 1.29 is 0 Å². The van der Waals surface area contributed by atoms with Crippen molar-refractivity contribution in [3.63, 3.8) is 0 Å². The molecule has 0 amide bonds. The van der Waals surface area contributed by atoms with Crippen LogP contribution in [0.2, 0.25) is 0 Å². The van der Waals surface area contributed by atoms with Crippen molar-refractivity contribution in [2.75, 3.05) is 5.32 Å². The van der Waals surface area contributed by atoms with Crippen molar-refractivity contribution in [2.24, 2.45) is 0 Å². The molecule has 2 aromatic rings. The third-order valence-corrected chi connectivity index (χ3v) is 6.26. The fourth-order valence-corrected chi connectivity index (χ4v) is 4.25. The van der Waals surface area contributed by atoms with Crippen LogP contribution >= 0.6 is 65.8 Å². The lowest BCUT2D eigenvalue weighted by Crippen LogP contribution is -1.99. The average molecular weight is 487 g/mol. The summed E-state index contributed by atoms with van der Waals surface area (Å²) in [4.78, 5) is 1.31. The van der Waals surface area contributed by atoms with Gasteiger partial charge in [0.05, 0.1) is 3.79 Å². The molecule has 0 aliphatic heterocycles. The standard InChI is InChI=1S/C12H10Br2INS/c1-7-4-8(15)2-3-11(7)16-6-9-5-10(13)12(14)17-9/h2-5,16H,6H2,1H3. The van der Waals surface area contributed by atoms with Gasteiger partial charge >= 0.3 is 0 Å². The Bertz CT molecular complexity index is 520. The number of halogens is 3. The van der Waals surface area contributed by atoms with Gasteiger partial charge in [-0.3, -0.25) is 0 Å². The van der Waals surface area contributed by atoms with Crippen LogP contribution in [-0.2, 0) is 6.54 Å². The van der Waals surface area contributed by atoms with Crippen LogP contribution in [0.1, 0.15) is 10.4 Å². The molecule has 0 aliphatic carbocycles. The maximum Gasteiger partial charge on any atom is 0.0843 e. The summed E-state index contributed by atoms with van der Waals surface area (Å²) in [5.74, 6) is 0. The van der Waals surface area contributed by atoms with Gasteiger partial charge in [-0.1, -0.05) is 0 Å². The van der Waals surface area contributed by atoms with E-state index in [1.165, 1.54) is 19.7 Å². The van der Waals surface area contributed by atoms with Gasteiger partial charge in [-0.2, -0.15) is 0 Å². The molecule has 1 nitrogen and oxygen atoms in total. The van der Waals surface area contributed by atoms with E-state index >= 15 is 0 Å². The van der Waals surface area contributed by atoms with Crippen LogP contribution in [0.15, 0.2) is 32.5 Å². The molecule has 0 atom stereocenters. The zero-order valence-corrected chi connectivity index (χ0v) is 15.2. The quantitative estimate of drug-likeness (QED) is 0.541. The molecule has 17 heavy (non-hydrogen) atoms. The summed E-state index contributed by atoms with van der Waals surface area (Å²) in [6.45, 7) is 2.99. The minimum Gasteiger partial charge on any atom is -0.380 e. The van der Waals surface area contributed by atoms with Gasteiger partial charge < -0.3 is 5.32 Å². The Morgan fingerprint density at radius 2 is 2.06 bits per heavy atom. The van der Waals surface area contributed by atoms with E-state index in [0.717, 1.165) is 14.8 Å². The molecule has 0 saturated carbocycles. The van der Waals surface area contributed by atoms with Crippen LogP contribution in [0.3, 0.4) is 0 Å². The van der Waals surface area contributed by atoms with Gasteiger partial charge in [0.25, 0.3) is 0 Å². The maximum atomic E-state index is 3.51. The molecule has 0 aliphatic rings. The minimum absolute atomic E-state index is 0.857. The van der Waals surface area contributed by atoms with Crippen molar-refractivity contribution in [3.8, 4) is 0 Å². The fourth-order valence-electron chi connectivity index (χ4n) is 1.49. The first-order valence-corrected chi connectivity index (χ1v) is 8.48. The lowest BCUT2D eigenvalue weighted by Gasteiger charge is -2.08.